The topological polar surface area (TPSA) is 132 Å². The lowest BCUT2D eigenvalue weighted by Crippen LogP contribution is -2.40. The number of carbonyl (C=O) groups is 1. The zero-order valence-corrected chi connectivity index (χ0v) is 20.8. The van der Waals surface area contributed by atoms with E-state index in [-0.39, 0.29) is 53.0 Å². The van der Waals surface area contributed by atoms with Crippen LogP contribution in [0.2, 0.25) is 0 Å². The lowest BCUT2D eigenvalue weighted by Gasteiger charge is -2.26. The van der Waals surface area contributed by atoms with E-state index >= 15 is 0 Å². The van der Waals surface area contributed by atoms with E-state index in [0.29, 0.717) is 26.4 Å². The van der Waals surface area contributed by atoms with E-state index in [9.17, 15) is 21.6 Å². The number of sulfonamides is 2. The number of methoxy groups -OCH3 is 1. The summed E-state index contributed by atoms with van der Waals surface area (Å²) in [6.45, 7) is 2.34. The number of nitrogens with zero attached hydrogens (tertiary/aromatic N) is 2. The van der Waals surface area contributed by atoms with Gasteiger partial charge in [0.2, 0.25) is 20.0 Å². The Bertz CT molecular complexity index is 1270. The highest BCUT2D eigenvalue weighted by molar-refractivity contribution is 7.89. The number of amides is 1. The van der Waals surface area contributed by atoms with E-state index < -0.39 is 26.0 Å². The molecule has 35 heavy (non-hydrogen) atoms. The summed E-state index contributed by atoms with van der Waals surface area (Å²) in [5.74, 6) is -0.259. The van der Waals surface area contributed by atoms with Crippen LogP contribution in [0.5, 0.6) is 5.75 Å². The van der Waals surface area contributed by atoms with E-state index in [1.807, 2.05) is 0 Å². The van der Waals surface area contributed by atoms with Gasteiger partial charge < -0.3 is 19.5 Å². The van der Waals surface area contributed by atoms with Gasteiger partial charge in [-0.05, 0) is 42.5 Å². The van der Waals surface area contributed by atoms with Crippen LogP contribution in [0.15, 0.2) is 52.3 Å². The summed E-state index contributed by atoms with van der Waals surface area (Å²) in [7, 11) is -6.05. The first-order chi connectivity index (χ1) is 16.7. The first-order valence-electron chi connectivity index (χ1n) is 11.0. The smallest absolute Gasteiger partial charge is 0.255 e. The van der Waals surface area contributed by atoms with E-state index in [1.165, 1.54) is 58.2 Å². The number of anilines is 1. The van der Waals surface area contributed by atoms with Crippen molar-refractivity contribution in [1.29, 1.82) is 0 Å². The van der Waals surface area contributed by atoms with Gasteiger partial charge in [-0.3, -0.25) is 4.79 Å². The third-order valence-corrected chi connectivity index (χ3v) is 9.56. The Labute approximate surface area is 204 Å². The highest BCUT2D eigenvalue weighted by Crippen LogP contribution is 2.30. The molecule has 2 aromatic rings. The normalized spacial score (nSPS) is 18.2. The van der Waals surface area contributed by atoms with Gasteiger partial charge >= 0.3 is 0 Å². The summed E-state index contributed by atoms with van der Waals surface area (Å²) in [6, 6.07) is 9.80. The molecule has 13 heteroatoms. The first-order valence-corrected chi connectivity index (χ1v) is 13.9. The molecule has 0 unspecified atom stereocenters. The van der Waals surface area contributed by atoms with Crippen LogP contribution in [-0.4, -0.2) is 91.1 Å². The van der Waals surface area contributed by atoms with Crippen molar-refractivity contribution in [2.45, 2.75) is 9.79 Å². The van der Waals surface area contributed by atoms with E-state index in [4.69, 9.17) is 14.2 Å². The van der Waals surface area contributed by atoms with Crippen molar-refractivity contribution < 1.29 is 35.8 Å². The zero-order chi connectivity index (χ0) is 25.1. The predicted molar refractivity (Wildman–Crippen MR) is 127 cm³/mol. The molecule has 0 aliphatic carbocycles. The predicted octanol–water partition coefficient (Wildman–Crippen LogP) is 0.989. The van der Waals surface area contributed by atoms with E-state index in [0.717, 1.165) is 0 Å². The Kier molecular flexibility index (Phi) is 7.73. The molecule has 2 saturated heterocycles. The maximum atomic E-state index is 13.0. The van der Waals surface area contributed by atoms with Gasteiger partial charge in [-0.15, -0.1) is 0 Å². The maximum absolute atomic E-state index is 13.0. The molecular formula is C22H27N3O8S2. The minimum Gasteiger partial charge on any atom is -0.495 e. The molecule has 2 aliphatic rings. The molecule has 0 radical (unpaired) electrons. The average molecular weight is 526 g/mol. The van der Waals surface area contributed by atoms with Gasteiger partial charge in [-0.2, -0.15) is 8.61 Å². The molecule has 0 saturated carbocycles. The molecule has 1 amide bonds. The van der Waals surface area contributed by atoms with Crippen molar-refractivity contribution in [2.24, 2.45) is 0 Å². The van der Waals surface area contributed by atoms with Gasteiger partial charge in [0.05, 0.1) is 49.0 Å². The highest BCUT2D eigenvalue weighted by atomic mass is 32.2. The van der Waals surface area contributed by atoms with Crippen LogP contribution < -0.4 is 10.1 Å². The van der Waals surface area contributed by atoms with Gasteiger partial charge in [-0.1, -0.05) is 0 Å². The summed E-state index contributed by atoms with van der Waals surface area (Å²) >= 11 is 0. The number of nitrogens with one attached hydrogen (secondary N) is 1. The molecule has 11 nitrogen and oxygen atoms in total. The Morgan fingerprint density at radius 2 is 1.29 bits per heavy atom. The number of hydrogen-bond acceptors (Lipinski definition) is 8. The molecular weight excluding hydrogens is 498 g/mol. The Hall–Kier alpha value is -2.55. The molecule has 4 rings (SSSR count). The fraction of sp³-hybridized carbons (Fsp3) is 0.409. The van der Waals surface area contributed by atoms with Gasteiger partial charge in [0.25, 0.3) is 5.91 Å². The van der Waals surface area contributed by atoms with Gasteiger partial charge in [0.15, 0.2) is 0 Å². The van der Waals surface area contributed by atoms with Crippen molar-refractivity contribution in [3.8, 4) is 5.75 Å². The van der Waals surface area contributed by atoms with Crippen molar-refractivity contribution >= 4 is 31.6 Å². The Morgan fingerprint density at radius 1 is 0.800 bits per heavy atom. The highest BCUT2D eigenvalue weighted by Gasteiger charge is 2.28. The minimum atomic E-state index is -3.78. The summed E-state index contributed by atoms with van der Waals surface area (Å²) in [6.07, 6.45) is 0. The van der Waals surface area contributed by atoms with Crippen LogP contribution in [0.3, 0.4) is 0 Å². The number of hydrogen-bond donors (Lipinski definition) is 1. The molecule has 0 aromatic heterocycles. The fourth-order valence-electron chi connectivity index (χ4n) is 3.79. The van der Waals surface area contributed by atoms with Crippen LogP contribution in [0.1, 0.15) is 10.4 Å². The fourth-order valence-corrected chi connectivity index (χ4v) is 6.63. The second kappa shape index (κ2) is 10.6. The minimum absolute atomic E-state index is 0.0162. The lowest BCUT2D eigenvalue weighted by atomic mass is 10.2. The molecule has 2 aromatic carbocycles. The summed E-state index contributed by atoms with van der Waals surface area (Å²) < 4.78 is 70.0. The zero-order valence-electron chi connectivity index (χ0n) is 19.2. The van der Waals surface area contributed by atoms with Crippen molar-refractivity contribution in [2.75, 3.05) is 65.0 Å². The van der Waals surface area contributed by atoms with Crippen LogP contribution in [0.4, 0.5) is 5.69 Å². The second-order valence-corrected chi connectivity index (χ2v) is 11.7. The van der Waals surface area contributed by atoms with Crippen LogP contribution in [0, 0.1) is 0 Å². The molecule has 190 valence electrons. The van der Waals surface area contributed by atoms with E-state index in [1.54, 1.807) is 0 Å². The summed E-state index contributed by atoms with van der Waals surface area (Å²) in [4.78, 5) is 13.0. The van der Waals surface area contributed by atoms with Crippen molar-refractivity contribution in [1.82, 2.24) is 8.61 Å². The lowest BCUT2D eigenvalue weighted by molar-refractivity contribution is 0.0730. The van der Waals surface area contributed by atoms with Crippen molar-refractivity contribution in [3.05, 3.63) is 48.0 Å². The van der Waals surface area contributed by atoms with Crippen LogP contribution >= 0.6 is 0 Å². The number of carbonyl (C=O) groups excluding carboxylic acids is 1. The number of rotatable bonds is 7. The summed E-state index contributed by atoms with van der Waals surface area (Å²) in [5, 5.41) is 2.67. The molecule has 2 fully saturated rings. The van der Waals surface area contributed by atoms with Crippen molar-refractivity contribution in [3.63, 3.8) is 0 Å². The van der Waals surface area contributed by atoms with Gasteiger partial charge in [-0.25, -0.2) is 16.8 Å². The first kappa shape index (κ1) is 25.5. The molecule has 1 N–H and O–H groups in total. The summed E-state index contributed by atoms with van der Waals surface area (Å²) in [5.41, 5.74) is 0.381. The maximum Gasteiger partial charge on any atom is 0.255 e. The average Bonchev–Trinajstić information content (AvgIpc) is 2.89. The SMILES string of the molecule is COc1ccc(S(=O)(=O)N2CCOCC2)cc1NC(=O)c1ccc(S(=O)(=O)N2CCOCC2)cc1. The third-order valence-electron chi connectivity index (χ3n) is 5.75. The van der Waals surface area contributed by atoms with Crippen LogP contribution in [0.25, 0.3) is 0 Å². The third kappa shape index (κ3) is 5.50. The number of benzene rings is 2. The second-order valence-electron chi connectivity index (χ2n) is 7.87. The standard InChI is InChI=1S/C22H27N3O8S2/c1-31-21-7-6-19(35(29,30)25-10-14-33-15-11-25)16-20(21)23-22(26)17-2-4-18(5-3-17)34(27,28)24-8-12-32-13-9-24/h2-7,16H,8-15H2,1H3,(H,23,26). The molecule has 2 heterocycles. The number of ether oxygens (including phenoxy) is 3. The monoisotopic (exact) mass is 525 g/mol. The number of morpholine rings is 2. The Balaban J connectivity index is 1.53. The molecule has 0 bridgehead atoms. The quantitative estimate of drug-likeness (QED) is 0.566. The molecule has 0 spiro atoms. The van der Waals surface area contributed by atoms with Gasteiger partial charge in [0.1, 0.15) is 5.75 Å². The molecule has 0 atom stereocenters. The van der Waals surface area contributed by atoms with Crippen LogP contribution in [-0.2, 0) is 29.5 Å². The Morgan fingerprint density at radius 3 is 1.80 bits per heavy atom. The largest absolute Gasteiger partial charge is 0.495 e. The van der Waals surface area contributed by atoms with E-state index in [2.05, 4.69) is 5.32 Å². The van der Waals surface area contributed by atoms with Gasteiger partial charge in [0, 0.05) is 31.7 Å². The molecule has 2 aliphatic heterocycles.